The Labute approximate surface area is 241 Å². The molecule has 0 bridgehead atoms. The molecule has 2 amide bonds. The largest absolute Gasteiger partial charge is 0.480 e. The van der Waals surface area contributed by atoms with Gasteiger partial charge in [0, 0.05) is 26.2 Å². The zero-order valence-corrected chi connectivity index (χ0v) is 23.6. The van der Waals surface area contributed by atoms with Crippen molar-refractivity contribution in [1.29, 1.82) is 0 Å². The van der Waals surface area contributed by atoms with E-state index >= 15 is 0 Å². The molecule has 41 heavy (non-hydrogen) atoms. The Balaban J connectivity index is 1.29. The molecule has 3 fully saturated rings. The minimum absolute atomic E-state index is 0.0407. The predicted molar refractivity (Wildman–Crippen MR) is 156 cm³/mol. The van der Waals surface area contributed by atoms with Crippen LogP contribution in [0.3, 0.4) is 0 Å². The molecule has 2 unspecified atom stereocenters. The number of carboxylic acid groups (broad SMARTS) is 1. The fourth-order valence-corrected chi connectivity index (χ4v) is 7.30. The highest BCUT2D eigenvalue weighted by molar-refractivity contribution is 5.92. The van der Waals surface area contributed by atoms with E-state index in [0.29, 0.717) is 39.0 Å². The summed E-state index contributed by atoms with van der Waals surface area (Å²) >= 11 is 0. The Hall–Kier alpha value is -3.97. The van der Waals surface area contributed by atoms with Crippen molar-refractivity contribution in [3.05, 3.63) is 108 Å². The third-order valence-corrected chi connectivity index (χ3v) is 9.33. The molecule has 3 aromatic carbocycles. The lowest BCUT2D eigenvalue weighted by molar-refractivity contribution is -0.152. The van der Waals surface area contributed by atoms with Crippen LogP contribution in [0, 0.1) is 11.3 Å². The van der Waals surface area contributed by atoms with Crippen molar-refractivity contribution in [2.24, 2.45) is 11.3 Å². The predicted octanol–water partition coefficient (Wildman–Crippen LogP) is 4.22. The van der Waals surface area contributed by atoms with Gasteiger partial charge in [0.05, 0.1) is 11.0 Å². The first kappa shape index (κ1) is 27.2. The van der Waals surface area contributed by atoms with E-state index in [-0.39, 0.29) is 23.8 Å². The van der Waals surface area contributed by atoms with E-state index in [2.05, 4.69) is 41.3 Å². The van der Waals surface area contributed by atoms with Crippen LogP contribution in [-0.2, 0) is 19.9 Å². The maximum atomic E-state index is 14.1. The summed E-state index contributed by atoms with van der Waals surface area (Å²) in [6.07, 6.45) is 1.16. The van der Waals surface area contributed by atoms with Gasteiger partial charge in [-0.15, -0.1) is 0 Å². The summed E-state index contributed by atoms with van der Waals surface area (Å²) < 4.78 is 0. The molecular weight excluding hydrogens is 514 g/mol. The number of aliphatic carboxylic acids is 1. The van der Waals surface area contributed by atoms with E-state index in [4.69, 9.17) is 0 Å². The third-order valence-electron chi connectivity index (χ3n) is 9.33. The van der Waals surface area contributed by atoms with Crippen LogP contribution < -0.4 is 0 Å². The van der Waals surface area contributed by atoms with Gasteiger partial charge in [0.2, 0.25) is 11.8 Å². The van der Waals surface area contributed by atoms with E-state index in [9.17, 15) is 19.5 Å². The minimum atomic E-state index is -0.968. The maximum absolute atomic E-state index is 14.1. The van der Waals surface area contributed by atoms with Gasteiger partial charge in [0.25, 0.3) is 0 Å². The number of amides is 2. The quantitative estimate of drug-likeness (QED) is 0.335. The van der Waals surface area contributed by atoms with Crippen LogP contribution in [0.4, 0.5) is 0 Å². The van der Waals surface area contributed by atoms with Gasteiger partial charge in [-0.2, -0.15) is 0 Å². The van der Waals surface area contributed by atoms with Crippen LogP contribution in [0.2, 0.25) is 0 Å². The number of carboxylic acids is 1. The van der Waals surface area contributed by atoms with Crippen molar-refractivity contribution in [1.82, 2.24) is 14.7 Å². The Bertz CT molecular complexity index is 1330. The molecule has 3 aromatic rings. The molecule has 0 radical (unpaired) electrons. The number of carbonyl (C=O) groups excluding carboxylic acids is 2. The molecule has 0 aliphatic carbocycles. The van der Waals surface area contributed by atoms with Crippen LogP contribution in [0.1, 0.15) is 43.4 Å². The SMILES string of the molecule is CC(C)[C@@H](C(=O)O)N1CC[C@@]2(CCN(C(=O)C3CN3C(c3ccccc3)(c3ccccc3)c3ccccc3)C2)C1=O. The molecule has 3 saturated heterocycles. The molecule has 4 atom stereocenters. The number of hydrogen-bond acceptors (Lipinski definition) is 4. The standard InChI is InChI=1S/C34H37N3O4/c1-24(2)29(31(39)40)36-21-19-33(32(36)41)18-20-35(23-33)30(38)28-22-37(28)34(25-12-6-3-7-13-25,26-14-8-4-9-15-26)27-16-10-5-11-17-27/h3-17,24,28-29H,18-23H2,1-2H3,(H,39,40)/t28?,29-,33+,37?/m0/s1. The Morgan fingerprint density at radius 2 is 1.32 bits per heavy atom. The summed E-state index contributed by atoms with van der Waals surface area (Å²) in [7, 11) is 0. The van der Waals surface area contributed by atoms with Crippen LogP contribution >= 0.6 is 0 Å². The lowest BCUT2D eigenvalue weighted by Gasteiger charge is -2.38. The van der Waals surface area contributed by atoms with Gasteiger partial charge < -0.3 is 14.9 Å². The molecule has 212 valence electrons. The number of rotatable bonds is 8. The lowest BCUT2D eigenvalue weighted by Crippen LogP contribution is -2.48. The van der Waals surface area contributed by atoms with Crippen molar-refractivity contribution in [2.45, 2.75) is 44.3 Å². The normalized spacial score (nSPS) is 24.7. The Morgan fingerprint density at radius 1 is 0.829 bits per heavy atom. The highest BCUT2D eigenvalue weighted by atomic mass is 16.4. The van der Waals surface area contributed by atoms with Gasteiger partial charge in [-0.25, -0.2) is 4.79 Å². The van der Waals surface area contributed by atoms with E-state index in [1.54, 1.807) is 0 Å². The van der Waals surface area contributed by atoms with Crippen LogP contribution in [0.15, 0.2) is 91.0 Å². The van der Waals surface area contributed by atoms with Crippen molar-refractivity contribution < 1.29 is 19.5 Å². The molecule has 3 heterocycles. The summed E-state index contributed by atoms with van der Waals surface area (Å²) in [6, 6.07) is 29.9. The highest BCUT2D eigenvalue weighted by Gasteiger charge is 2.59. The van der Waals surface area contributed by atoms with Crippen LogP contribution in [0.5, 0.6) is 0 Å². The highest BCUT2D eigenvalue weighted by Crippen LogP contribution is 2.49. The van der Waals surface area contributed by atoms with E-state index in [1.807, 2.05) is 73.3 Å². The number of likely N-dealkylation sites (tertiary alicyclic amines) is 2. The second-order valence-electron chi connectivity index (χ2n) is 12.0. The lowest BCUT2D eigenvalue weighted by atomic mass is 9.76. The van der Waals surface area contributed by atoms with Gasteiger partial charge in [-0.05, 0) is 35.4 Å². The molecule has 1 spiro atoms. The smallest absolute Gasteiger partial charge is 0.326 e. The summed E-state index contributed by atoms with van der Waals surface area (Å²) in [5.41, 5.74) is 1.96. The molecular formula is C34H37N3O4. The fourth-order valence-electron chi connectivity index (χ4n) is 7.30. The van der Waals surface area contributed by atoms with Gasteiger partial charge in [0.15, 0.2) is 0 Å². The minimum Gasteiger partial charge on any atom is -0.480 e. The first-order valence-electron chi connectivity index (χ1n) is 14.6. The molecule has 3 aliphatic heterocycles. The Kier molecular flexibility index (Phi) is 6.94. The summed E-state index contributed by atoms with van der Waals surface area (Å²) in [5.74, 6) is -1.23. The molecule has 7 heteroatoms. The molecule has 0 saturated carbocycles. The van der Waals surface area contributed by atoms with Crippen LogP contribution in [-0.4, -0.2) is 75.9 Å². The first-order chi connectivity index (χ1) is 19.8. The van der Waals surface area contributed by atoms with Gasteiger partial charge >= 0.3 is 5.97 Å². The van der Waals surface area contributed by atoms with Crippen molar-refractivity contribution in [2.75, 3.05) is 26.2 Å². The first-order valence-corrected chi connectivity index (χ1v) is 14.6. The fraction of sp³-hybridized carbons (Fsp3) is 0.382. The van der Waals surface area contributed by atoms with Gasteiger partial charge in [0.1, 0.15) is 12.1 Å². The summed E-state index contributed by atoms with van der Waals surface area (Å²) in [5, 5.41) is 9.80. The average molecular weight is 552 g/mol. The molecule has 0 aromatic heterocycles. The molecule has 6 rings (SSSR count). The van der Waals surface area contributed by atoms with Crippen molar-refractivity contribution in [3.8, 4) is 0 Å². The maximum Gasteiger partial charge on any atom is 0.326 e. The van der Waals surface area contributed by atoms with Crippen LogP contribution in [0.25, 0.3) is 0 Å². The van der Waals surface area contributed by atoms with E-state index in [0.717, 1.165) is 16.7 Å². The summed E-state index contributed by atoms with van der Waals surface area (Å²) in [4.78, 5) is 45.4. The third kappa shape index (κ3) is 4.43. The second-order valence-corrected chi connectivity index (χ2v) is 12.0. The monoisotopic (exact) mass is 551 g/mol. The average Bonchev–Trinajstić information content (AvgIpc) is 3.57. The van der Waals surface area contributed by atoms with Crippen molar-refractivity contribution in [3.63, 3.8) is 0 Å². The van der Waals surface area contributed by atoms with Gasteiger partial charge in [-0.1, -0.05) is 105 Å². The van der Waals surface area contributed by atoms with E-state index < -0.39 is 23.0 Å². The number of benzene rings is 3. The molecule has 1 N–H and O–H groups in total. The van der Waals surface area contributed by atoms with E-state index in [1.165, 1.54) is 4.90 Å². The number of hydrogen-bond donors (Lipinski definition) is 1. The topological polar surface area (TPSA) is 80.9 Å². The molecule has 7 nitrogen and oxygen atoms in total. The number of carbonyl (C=O) groups is 3. The van der Waals surface area contributed by atoms with Crippen molar-refractivity contribution >= 4 is 17.8 Å². The van der Waals surface area contributed by atoms with Gasteiger partial charge in [-0.3, -0.25) is 14.5 Å². The molecule has 3 aliphatic rings. The second kappa shape index (κ2) is 10.5. The number of nitrogens with zero attached hydrogens (tertiary/aromatic N) is 3. The zero-order chi connectivity index (χ0) is 28.8. The summed E-state index contributed by atoms with van der Waals surface area (Å²) in [6.45, 7) is 5.56. The Morgan fingerprint density at radius 3 is 1.78 bits per heavy atom. The zero-order valence-electron chi connectivity index (χ0n) is 23.6.